The van der Waals surface area contributed by atoms with E-state index in [0.717, 1.165) is 11.1 Å². The van der Waals surface area contributed by atoms with E-state index in [1.807, 2.05) is 32.0 Å². The second-order valence-corrected chi connectivity index (χ2v) is 8.79. The first kappa shape index (κ1) is 19.7. The van der Waals surface area contributed by atoms with Crippen LogP contribution in [-0.4, -0.2) is 64.3 Å². The molecular formula is C17H26N2O5S. The Balaban J connectivity index is 1.87. The average Bonchev–Trinajstić information content (AvgIpc) is 2.94. The minimum absolute atomic E-state index is 0.0526. The molecule has 0 unspecified atom stereocenters. The van der Waals surface area contributed by atoms with Gasteiger partial charge >= 0.3 is 0 Å². The zero-order valence-electron chi connectivity index (χ0n) is 15.1. The summed E-state index contributed by atoms with van der Waals surface area (Å²) in [5.74, 6) is 0.0229. The molecule has 0 saturated carbocycles. The van der Waals surface area contributed by atoms with Crippen LogP contribution >= 0.6 is 0 Å². The van der Waals surface area contributed by atoms with Crippen molar-refractivity contribution < 1.29 is 22.7 Å². The third kappa shape index (κ3) is 5.42. The van der Waals surface area contributed by atoms with Crippen molar-refractivity contribution in [3.63, 3.8) is 0 Å². The Kier molecular flexibility index (Phi) is 6.42. The Morgan fingerprint density at radius 1 is 1.28 bits per heavy atom. The number of amides is 1. The zero-order valence-corrected chi connectivity index (χ0v) is 15.9. The Labute approximate surface area is 149 Å². The molecule has 0 aliphatic carbocycles. The van der Waals surface area contributed by atoms with Gasteiger partial charge in [-0.05, 0) is 37.1 Å². The molecule has 1 fully saturated rings. The maximum atomic E-state index is 12.1. The molecule has 1 heterocycles. The van der Waals surface area contributed by atoms with Crippen molar-refractivity contribution in [3.05, 3.63) is 29.3 Å². The predicted molar refractivity (Wildman–Crippen MR) is 95.1 cm³/mol. The Morgan fingerprint density at radius 3 is 2.64 bits per heavy atom. The summed E-state index contributed by atoms with van der Waals surface area (Å²) < 4.78 is 36.1. The molecule has 1 amide bonds. The van der Waals surface area contributed by atoms with Gasteiger partial charge in [0.05, 0.1) is 25.0 Å². The largest absolute Gasteiger partial charge is 0.484 e. The molecule has 1 aromatic carbocycles. The van der Waals surface area contributed by atoms with Crippen LogP contribution in [-0.2, 0) is 19.6 Å². The third-order valence-electron chi connectivity index (χ3n) is 4.37. The molecule has 0 spiro atoms. The lowest BCUT2D eigenvalue weighted by Gasteiger charge is -2.21. The number of ether oxygens (including phenoxy) is 2. The highest BCUT2D eigenvalue weighted by Crippen LogP contribution is 2.18. The highest BCUT2D eigenvalue weighted by molar-refractivity contribution is 7.89. The molecule has 0 bridgehead atoms. The predicted octanol–water partition coefficient (Wildman–Crippen LogP) is 0.705. The molecule has 1 N–H and O–H groups in total. The third-order valence-corrected chi connectivity index (χ3v) is 6.34. The van der Waals surface area contributed by atoms with Crippen molar-refractivity contribution in [2.45, 2.75) is 19.9 Å². The standard InChI is InChI=1S/C17H26N2O5S/c1-12-5-6-15(7-13(12)2)24-10-17(20)18-16-9-23-8-14(16)11-25(21,22)19(3)4/h5-7,14,16H,8-11H2,1-4H3,(H,18,20)/t14-,16+/m0/s1. The van der Waals surface area contributed by atoms with E-state index in [1.165, 1.54) is 18.4 Å². The Bertz CT molecular complexity index is 718. The summed E-state index contributed by atoms with van der Waals surface area (Å²) in [6, 6.07) is 5.31. The van der Waals surface area contributed by atoms with E-state index >= 15 is 0 Å². The molecule has 140 valence electrons. The number of rotatable bonds is 7. The van der Waals surface area contributed by atoms with Gasteiger partial charge in [0.25, 0.3) is 5.91 Å². The maximum Gasteiger partial charge on any atom is 0.258 e. The molecule has 2 rings (SSSR count). The molecule has 1 aromatic rings. The number of carbonyl (C=O) groups excluding carboxylic acids is 1. The molecule has 25 heavy (non-hydrogen) atoms. The molecule has 2 atom stereocenters. The number of carbonyl (C=O) groups is 1. The SMILES string of the molecule is Cc1ccc(OCC(=O)N[C@@H]2COC[C@H]2CS(=O)(=O)N(C)C)cc1C. The van der Waals surface area contributed by atoms with E-state index in [9.17, 15) is 13.2 Å². The van der Waals surface area contributed by atoms with Gasteiger partial charge in [-0.3, -0.25) is 4.79 Å². The van der Waals surface area contributed by atoms with E-state index in [1.54, 1.807) is 0 Å². The molecule has 0 aromatic heterocycles. The average molecular weight is 370 g/mol. The summed E-state index contributed by atoms with van der Waals surface area (Å²) in [5.41, 5.74) is 2.25. The van der Waals surface area contributed by atoms with Crippen LogP contribution in [0.4, 0.5) is 0 Å². The van der Waals surface area contributed by atoms with E-state index in [4.69, 9.17) is 9.47 Å². The number of nitrogens with zero attached hydrogens (tertiary/aromatic N) is 1. The van der Waals surface area contributed by atoms with Gasteiger partial charge in [0.2, 0.25) is 10.0 Å². The molecule has 8 heteroatoms. The number of benzene rings is 1. The lowest BCUT2D eigenvalue weighted by atomic mass is 10.1. The molecule has 0 radical (unpaired) electrons. The van der Waals surface area contributed by atoms with Crippen LogP contribution in [0.5, 0.6) is 5.75 Å². The van der Waals surface area contributed by atoms with Gasteiger partial charge < -0.3 is 14.8 Å². The topological polar surface area (TPSA) is 84.9 Å². The van der Waals surface area contributed by atoms with Crippen LogP contribution in [0.15, 0.2) is 18.2 Å². The highest BCUT2D eigenvalue weighted by atomic mass is 32.2. The minimum atomic E-state index is -3.34. The van der Waals surface area contributed by atoms with Crippen molar-refractivity contribution >= 4 is 15.9 Å². The summed E-state index contributed by atoms with van der Waals surface area (Å²) in [7, 11) is -0.351. The first-order chi connectivity index (χ1) is 11.7. The molecule has 7 nitrogen and oxygen atoms in total. The second kappa shape index (κ2) is 8.16. The van der Waals surface area contributed by atoms with Crippen LogP contribution in [0, 0.1) is 19.8 Å². The summed E-state index contributed by atoms with van der Waals surface area (Å²) in [4.78, 5) is 12.1. The molecule has 1 aliphatic rings. The minimum Gasteiger partial charge on any atom is -0.484 e. The fraction of sp³-hybridized carbons (Fsp3) is 0.588. The van der Waals surface area contributed by atoms with Crippen molar-refractivity contribution in [3.8, 4) is 5.75 Å². The van der Waals surface area contributed by atoms with Gasteiger partial charge in [0.1, 0.15) is 5.75 Å². The zero-order chi connectivity index (χ0) is 18.6. The second-order valence-electron chi connectivity index (χ2n) is 6.57. The quantitative estimate of drug-likeness (QED) is 0.764. The number of hydrogen-bond donors (Lipinski definition) is 1. The van der Waals surface area contributed by atoms with Crippen LogP contribution in [0.1, 0.15) is 11.1 Å². The van der Waals surface area contributed by atoms with Crippen molar-refractivity contribution in [1.29, 1.82) is 0 Å². The summed E-state index contributed by atoms with van der Waals surface area (Å²) >= 11 is 0. The number of sulfonamides is 1. The van der Waals surface area contributed by atoms with E-state index in [2.05, 4.69) is 5.32 Å². The Hall–Kier alpha value is -1.64. The van der Waals surface area contributed by atoms with Crippen molar-refractivity contribution in [2.24, 2.45) is 5.92 Å². The number of nitrogens with one attached hydrogen (secondary N) is 1. The van der Waals surface area contributed by atoms with Gasteiger partial charge in [-0.2, -0.15) is 0 Å². The molecule has 1 saturated heterocycles. The first-order valence-electron chi connectivity index (χ1n) is 8.16. The highest BCUT2D eigenvalue weighted by Gasteiger charge is 2.34. The van der Waals surface area contributed by atoms with Gasteiger partial charge in [-0.15, -0.1) is 0 Å². The van der Waals surface area contributed by atoms with E-state index in [0.29, 0.717) is 19.0 Å². The summed E-state index contributed by atoms with van der Waals surface area (Å²) in [5, 5.41) is 2.81. The van der Waals surface area contributed by atoms with Gasteiger partial charge in [-0.1, -0.05) is 6.07 Å². The van der Waals surface area contributed by atoms with Gasteiger partial charge in [0, 0.05) is 20.0 Å². The normalized spacial score (nSPS) is 20.7. The van der Waals surface area contributed by atoms with Crippen molar-refractivity contribution in [1.82, 2.24) is 9.62 Å². The smallest absolute Gasteiger partial charge is 0.258 e. The van der Waals surface area contributed by atoms with Crippen molar-refractivity contribution in [2.75, 3.05) is 39.7 Å². The lowest BCUT2D eigenvalue weighted by molar-refractivity contribution is -0.124. The van der Waals surface area contributed by atoms with E-state index < -0.39 is 10.0 Å². The van der Waals surface area contributed by atoms with Crippen LogP contribution in [0.3, 0.4) is 0 Å². The van der Waals surface area contributed by atoms with E-state index in [-0.39, 0.29) is 30.2 Å². The Morgan fingerprint density at radius 2 is 2.00 bits per heavy atom. The monoisotopic (exact) mass is 370 g/mol. The first-order valence-corrected chi connectivity index (χ1v) is 9.77. The van der Waals surface area contributed by atoms with Gasteiger partial charge in [0.15, 0.2) is 6.61 Å². The van der Waals surface area contributed by atoms with Crippen LogP contribution in [0.2, 0.25) is 0 Å². The van der Waals surface area contributed by atoms with Crippen LogP contribution < -0.4 is 10.1 Å². The lowest BCUT2D eigenvalue weighted by Crippen LogP contribution is -2.45. The summed E-state index contributed by atoms with van der Waals surface area (Å²) in [6.07, 6.45) is 0. The number of hydrogen-bond acceptors (Lipinski definition) is 5. The van der Waals surface area contributed by atoms with Gasteiger partial charge in [-0.25, -0.2) is 12.7 Å². The fourth-order valence-electron chi connectivity index (χ4n) is 2.54. The fourth-order valence-corrected chi connectivity index (χ4v) is 3.71. The number of aryl methyl sites for hydroxylation is 2. The van der Waals surface area contributed by atoms with Crippen LogP contribution in [0.25, 0.3) is 0 Å². The molecular weight excluding hydrogens is 344 g/mol. The summed E-state index contributed by atoms with van der Waals surface area (Å²) in [6.45, 7) is 4.49. The molecule has 1 aliphatic heterocycles. The maximum absolute atomic E-state index is 12.1.